The Kier molecular flexibility index (Phi) is 7.51. The van der Waals surface area contributed by atoms with E-state index in [4.69, 9.17) is 5.11 Å². The van der Waals surface area contributed by atoms with Crippen molar-refractivity contribution in [3.05, 3.63) is 0 Å². The minimum absolute atomic E-state index is 0.315. The summed E-state index contributed by atoms with van der Waals surface area (Å²) < 4.78 is 0. The van der Waals surface area contributed by atoms with Gasteiger partial charge in [-0.15, -0.1) is 0 Å². The van der Waals surface area contributed by atoms with Crippen molar-refractivity contribution in [2.24, 2.45) is 5.92 Å². The Labute approximate surface area is 76.4 Å². The van der Waals surface area contributed by atoms with Gasteiger partial charge in [-0.3, -0.25) is 0 Å². The molecule has 2 N–H and O–H groups in total. The number of aliphatic hydroxyl groups excluding tert-OH is 1. The number of nitrogens with one attached hydrogen (secondary N) is 1. The quantitative estimate of drug-likeness (QED) is 0.615. The van der Waals surface area contributed by atoms with Crippen molar-refractivity contribution in [3.63, 3.8) is 0 Å². The maximum absolute atomic E-state index is 8.61. The first-order chi connectivity index (χ1) is 5.70. The molecular weight excluding hydrogens is 150 g/mol. The molecule has 0 aliphatic carbocycles. The van der Waals surface area contributed by atoms with Gasteiger partial charge in [0.05, 0.1) is 0 Å². The summed E-state index contributed by atoms with van der Waals surface area (Å²) in [6, 6.07) is 0.547. The van der Waals surface area contributed by atoms with Crippen LogP contribution in [0.1, 0.15) is 40.0 Å². The molecule has 0 radical (unpaired) electrons. The summed E-state index contributed by atoms with van der Waals surface area (Å²) in [5.74, 6) is 0.765. The van der Waals surface area contributed by atoms with E-state index in [9.17, 15) is 0 Å². The Morgan fingerprint density at radius 3 is 2.50 bits per heavy atom. The molecule has 2 unspecified atom stereocenters. The van der Waals surface area contributed by atoms with Gasteiger partial charge in [-0.25, -0.2) is 0 Å². The van der Waals surface area contributed by atoms with Crippen LogP contribution in [0.3, 0.4) is 0 Å². The van der Waals surface area contributed by atoms with Crippen molar-refractivity contribution in [2.75, 3.05) is 13.2 Å². The summed E-state index contributed by atoms with van der Waals surface area (Å²) in [4.78, 5) is 0. The van der Waals surface area contributed by atoms with Gasteiger partial charge in [0.2, 0.25) is 0 Å². The van der Waals surface area contributed by atoms with Crippen LogP contribution < -0.4 is 5.32 Å². The van der Waals surface area contributed by atoms with Crippen LogP contribution in [0.2, 0.25) is 0 Å². The van der Waals surface area contributed by atoms with Gasteiger partial charge in [0.15, 0.2) is 0 Å². The third kappa shape index (κ3) is 6.62. The van der Waals surface area contributed by atoms with Gasteiger partial charge in [0.1, 0.15) is 0 Å². The topological polar surface area (TPSA) is 32.3 Å². The lowest BCUT2D eigenvalue weighted by Crippen LogP contribution is -2.30. The van der Waals surface area contributed by atoms with Gasteiger partial charge in [0.25, 0.3) is 0 Å². The molecule has 12 heavy (non-hydrogen) atoms. The SMILES string of the molecule is CCC(C)CNC(C)CCCO. The van der Waals surface area contributed by atoms with Crippen LogP contribution in [-0.4, -0.2) is 24.3 Å². The smallest absolute Gasteiger partial charge is 0.0431 e. The molecule has 2 nitrogen and oxygen atoms in total. The molecule has 0 fully saturated rings. The Balaban J connectivity index is 3.24. The Morgan fingerprint density at radius 1 is 1.33 bits per heavy atom. The number of hydrogen-bond acceptors (Lipinski definition) is 2. The van der Waals surface area contributed by atoms with Crippen LogP contribution in [0, 0.1) is 5.92 Å². The van der Waals surface area contributed by atoms with Crippen LogP contribution in [0.5, 0.6) is 0 Å². The molecule has 0 aromatic rings. The summed E-state index contributed by atoms with van der Waals surface area (Å²) in [5, 5.41) is 12.1. The minimum atomic E-state index is 0.315. The highest BCUT2D eigenvalue weighted by Gasteiger charge is 2.02. The van der Waals surface area contributed by atoms with Crippen LogP contribution in [0.15, 0.2) is 0 Å². The van der Waals surface area contributed by atoms with Gasteiger partial charge in [-0.1, -0.05) is 20.3 Å². The van der Waals surface area contributed by atoms with E-state index in [1.807, 2.05) is 0 Å². The van der Waals surface area contributed by atoms with Crippen molar-refractivity contribution in [3.8, 4) is 0 Å². The normalized spacial score (nSPS) is 16.0. The first-order valence-corrected chi connectivity index (χ1v) is 5.05. The van der Waals surface area contributed by atoms with Crippen LogP contribution in [-0.2, 0) is 0 Å². The molecule has 0 aliphatic heterocycles. The standard InChI is InChI=1S/C10H23NO/c1-4-9(2)8-11-10(3)6-5-7-12/h9-12H,4-8H2,1-3H3. The summed E-state index contributed by atoms with van der Waals surface area (Å²) in [7, 11) is 0. The molecule has 0 aromatic carbocycles. The molecule has 0 aromatic heterocycles. The van der Waals surface area contributed by atoms with Gasteiger partial charge in [-0.2, -0.15) is 0 Å². The van der Waals surface area contributed by atoms with Crippen LogP contribution in [0.4, 0.5) is 0 Å². The fourth-order valence-electron chi connectivity index (χ4n) is 1.05. The highest BCUT2D eigenvalue weighted by molar-refractivity contribution is 4.62. The zero-order chi connectivity index (χ0) is 9.40. The lowest BCUT2D eigenvalue weighted by molar-refractivity contribution is 0.275. The predicted molar refractivity (Wildman–Crippen MR) is 53.2 cm³/mol. The second kappa shape index (κ2) is 7.56. The molecule has 2 atom stereocenters. The number of aliphatic hydroxyl groups is 1. The highest BCUT2D eigenvalue weighted by Crippen LogP contribution is 2.00. The van der Waals surface area contributed by atoms with E-state index in [-0.39, 0.29) is 0 Å². The molecule has 0 aliphatic rings. The summed E-state index contributed by atoms with van der Waals surface area (Å²) >= 11 is 0. The zero-order valence-electron chi connectivity index (χ0n) is 8.64. The van der Waals surface area contributed by atoms with Gasteiger partial charge in [0, 0.05) is 12.6 Å². The maximum atomic E-state index is 8.61. The summed E-state index contributed by atoms with van der Waals surface area (Å²) in [6.07, 6.45) is 3.22. The van der Waals surface area contributed by atoms with Crippen molar-refractivity contribution >= 4 is 0 Å². The number of rotatable bonds is 7. The Bertz CT molecular complexity index is 95.8. The third-order valence-corrected chi connectivity index (χ3v) is 2.31. The van der Waals surface area contributed by atoms with Crippen molar-refractivity contribution in [2.45, 2.75) is 46.1 Å². The van der Waals surface area contributed by atoms with E-state index in [2.05, 4.69) is 26.1 Å². The predicted octanol–water partition coefficient (Wildman–Crippen LogP) is 1.78. The molecule has 0 amide bonds. The monoisotopic (exact) mass is 173 g/mol. The second-order valence-corrected chi connectivity index (χ2v) is 3.69. The van der Waals surface area contributed by atoms with Crippen LogP contribution in [0.25, 0.3) is 0 Å². The van der Waals surface area contributed by atoms with E-state index in [1.165, 1.54) is 6.42 Å². The van der Waals surface area contributed by atoms with Crippen LogP contribution >= 0.6 is 0 Å². The van der Waals surface area contributed by atoms with E-state index in [0.717, 1.165) is 25.3 Å². The van der Waals surface area contributed by atoms with Crippen molar-refractivity contribution in [1.82, 2.24) is 5.32 Å². The third-order valence-electron chi connectivity index (χ3n) is 2.31. The fraction of sp³-hybridized carbons (Fsp3) is 1.00. The van der Waals surface area contributed by atoms with Gasteiger partial charge >= 0.3 is 0 Å². The largest absolute Gasteiger partial charge is 0.396 e. The number of hydrogen-bond donors (Lipinski definition) is 2. The fourth-order valence-corrected chi connectivity index (χ4v) is 1.05. The van der Waals surface area contributed by atoms with Crippen molar-refractivity contribution in [1.29, 1.82) is 0 Å². The summed E-state index contributed by atoms with van der Waals surface area (Å²) in [6.45, 7) is 8.06. The molecule has 0 spiro atoms. The van der Waals surface area contributed by atoms with Crippen molar-refractivity contribution < 1.29 is 5.11 Å². The highest BCUT2D eigenvalue weighted by atomic mass is 16.2. The van der Waals surface area contributed by atoms with E-state index in [1.54, 1.807) is 0 Å². The molecular formula is C10H23NO. The first kappa shape index (κ1) is 11.9. The molecule has 0 saturated carbocycles. The molecule has 0 heterocycles. The molecule has 0 saturated heterocycles. The van der Waals surface area contributed by atoms with Gasteiger partial charge < -0.3 is 10.4 Å². The lowest BCUT2D eigenvalue weighted by atomic mass is 10.1. The average molecular weight is 173 g/mol. The van der Waals surface area contributed by atoms with E-state index < -0.39 is 0 Å². The Morgan fingerprint density at radius 2 is 2.00 bits per heavy atom. The molecule has 2 heteroatoms. The molecule has 74 valence electrons. The molecule has 0 bridgehead atoms. The molecule has 0 rings (SSSR count). The maximum Gasteiger partial charge on any atom is 0.0431 e. The van der Waals surface area contributed by atoms with E-state index >= 15 is 0 Å². The Hall–Kier alpha value is -0.0800. The zero-order valence-corrected chi connectivity index (χ0v) is 8.64. The lowest BCUT2D eigenvalue weighted by Gasteiger charge is -2.16. The second-order valence-electron chi connectivity index (χ2n) is 3.69. The van der Waals surface area contributed by atoms with Gasteiger partial charge in [-0.05, 0) is 32.2 Å². The van der Waals surface area contributed by atoms with E-state index in [0.29, 0.717) is 12.6 Å². The first-order valence-electron chi connectivity index (χ1n) is 5.05. The average Bonchev–Trinajstić information content (AvgIpc) is 2.10. The summed E-state index contributed by atoms with van der Waals surface area (Å²) in [5.41, 5.74) is 0. The minimum Gasteiger partial charge on any atom is -0.396 e.